The van der Waals surface area contributed by atoms with E-state index in [9.17, 15) is 5.11 Å². The van der Waals surface area contributed by atoms with Gasteiger partial charge in [-0.15, -0.1) is 0 Å². The van der Waals surface area contributed by atoms with Crippen LogP contribution in [0.1, 0.15) is 29.9 Å². The lowest BCUT2D eigenvalue weighted by atomic mass is 9.97. The summed E-state index contributed by atoms with van der Waals surface area (Å²) in [5, 5.41) is 13.9. The van der Waals surface area contributed by atoms with Crippen molar-refractivity contribution in [2.24, 2.45) is 0 Å². The molecule has 0 spiro atoms. The zero-order chi connectivity index (χ0) is 14.9. The molecule has 0 saturated carbocycles. The average molecular weight is 306 g/mol. The average Bonchev–Trinajstić information content (AvgIpc) is 2.82. The Morgan fingerprint density at radius 1 is 1.38 bits per heavy atom. The lowest BCUT2D eigenvalue weighted by Crippen LogP contribution is -2.43. The van der Waals surface area contributed by atoms with E-state index in [0.29, 0.717) is 13.1 Å². The van der Waals surface area contributed by atoms with Gasteiger partial charge < -0.3 is 10.4 Å². The molecule has 0 bridgehead atoms. The molecule has 2 N–H and O–H groups in total. The molecule has 3 rings (SSSR count). The van der Waals surface area contributed by atoms with Gasteiger partial charge in [0.25, 0.3) is 0 Å². The zero-order valence-corrected chi connectivity index (χ0v) is 13.4. The molecule has 2 aromatic rings. The molecule has 3 heterocycles. The predicted octanol–water partition coefficient (Wildman–Crippen LogP) is 1.69. The Kier molecular flexibility index (Phi) is 4.19. The van der Waals surface area contributed by atoms with E-state index < -0.39 is 5.60 Å². The van der Waals surface area contributed by atoms with Crippen LogP contribution < -0.4 is 5.32 Å². The molecule has 5 nitrogen and oxygen atoms in total. The highest BCUT2D eigenvalue weighted by atomic mass is 32.2. The molecule has 0 aliphatic carbocycles. The topological polar surface area (TPSA) is 62.5 Å². The highest BCUT2D eigenvalue weighted by Crippen LogP contribution is 2.26. The standard InChI is InChI=1S/C15H22N4OS/c1-11-7-12(2)19-13(9-17-14(19)18-11)8-16-10-15(20)3-5-21-6-4-15/h7,9,16,20H,3-6,8,10H2,1-2H3. The Hall–Kier alpha value is -1.11. The van der Waals surface area contributed by atoms with Gasteiger partial charge in [0.1, 0.15) is 0 Å². The van der Waals surface area contributed by atoms with Crippen molar-refractivity contribution in [1.82, 2.24) is 19.7 Å². The molecule has 0 radical (unpaired) electrons. The first-order valence-electron chi connectivity index (χ1n) is 7.39. The van der Waals surface area contributed by atoms with E-state index in [2.05, 4.69) is 32.7 Å². The van der Waals surface area contributed by atoms with Gasteiger partial charge >= 0.3 is 0 Å². The third-order valence-electron chi connectivity index (χ3n) is 4.05. The van der Waals surface area contributed by atoms with E-state index in [1.165, 1.54) is 0 Å². The third-order valence-corrected chi connectivity index (χ3v) is 5.03. The number of hydrogen-bond acceptors (Lipinski definition) is 5. The summed E-state index contributed by atoms with van der Waals surface area (Å²) in [5.74, 6) is 2.85. The summed E-state index contributed by atoms with van der Waals surface area (Å²) in [6.07, 6.45) is 3.61. The number of hydrogen-bond donors (Lipinski definition) is 2. The van der Waals surface area contributed by atoms with Gasteiger partial charge in [-0.05, 0) is 44.3 Å². The van der Waals surface area contributed by atoms with Crippen LogP contribution in [0.15, 0.2) is 12.3 Å². The fraction of sp³-hybridized carbons (Fsp3) is 0.600. The van der Waals surface area contributed by atoms with Crippen LogP contribution in [0, 0.1) is 13.8 Å². The van der Waals surface area contributed by atoms with Crippen LogP contribution >= 0.6 is 11.8 Å². The van der Waals surface area contributed by atoms with Crippen molar-refractivity contribution in [3.05, 3.63) is 29.3 Å². The molecular formula is C15H22N4OS. The molecular weight excluding hydrogens is 284 g/mol. The zero-order valence-electron chi connectivity index (χ0n) is 12.6. The van der Waals surface area contributed by atoms with Gasteiger partial charge in [-0.2, -0.15) is 11.8 Å². The normalized spacial score (nSPS) is 18.2. The Morgan fingerprint density at radius 2 is 2.14 bits per heavy atom. The van der Waals surface area contributed by atoms with Crippen LogP contribution in [-0.2, 0) is 6.54 Å². The van der Waals surface area contributed by atoms with Crippen LogP contribution in [0.2, 0.25) is 0 Å². The van der Waals surface area contributed by atoms with Gasteiger partial charge in [-0.3, -0.25) is 4.40 Å². The lowest BCUT2D eigenvalue weighted by molar-refractivity contribution is 0.0319. The first-order valence-corrected chi connectivity index (χ1v) is 8.54. The number of imidazole rings is 1. The van der Waals surface area contributed by atoms with Gasteiger partial charge in [0, 0.05) is 24.5 Å². The number of fused-ring (bicyclic) bond motifs is 1. The largest absolute Gasteiger partial charge is 0.389 e. The molecule has 0 amide bonds. The van der Waals surface area contributed by atoms with E-state index in [0.717, 1.165) is 47.2 Å². The molecule has 0 atom stereocenters. The van der Waals surface area contributed by atoms with E-state index in [4.69, 9.17) is 0 Å². The monoisotopic (exact) mass is 306 g/mol. The Labute approximate surface area is 129 Å². The quantitative estimate of drug-likeness (QED) is 0.900. The van der Waals surface area contributed by atoms with Crippen molar-refractivity contribution < 1.29 is 5.11 Å². The Bertz CT molecular complexity index is 634. The molecule has 1 fully saturated rings. The maximum absolute atomic E-state index is 10.5. The Morgan fingerprint density at radius 3 is 2.90 bits per heavy atom. The van der Waals surface area contributed by atoms with Gasteiger partial charge in [0.2, 0.25) is 5.78 Å². The van der Waals surface area contributed by atoms with Crippen LogP contribution in [0.4, 0.5) is 0 Å². The second kappa shape index (κ2) is 5.94. The minimum Gasteiger partial charge on any atom is -0.389 e. The minimum absolute atomic E-state index is 0.546. The summed E-state index contributed by atoms with van der Waals surface area (Å²) >= 11 is 1.92. The molecule has 0 aromatic carbocycles. The molecule has 1 saturated heterocycles. The minimum atomic E-state index is -0.546. The van der Waals surface area contributed by atoms with E-state index in [-0.39, 0.29) is 0 Å². The molecule has 2 aromatic heterocycles. The number of rotatable bonds is 4. The fourth-order valence-electron chi connectivity index (χ4n) is 2.87. The number of nitrogens with zero attached hydrogens (tertiary/aromatic N) is 3. The number of nitrogens with one attached hydrogen (secondary N) is 1. The number of aryl methyl sites for hydroxylation is 2. The predicted molar refractivity (Wildman–Crippen MR) is 85.7 cm³/mol. The smallest absolute Gasteiger partial charge is 0.234 e. The molecule has 21 heavy (non-hydrogen) atoms. The summed E-state index contributed by atoms with van der Waals surface area (Å²) in [4.78, 5) is 8.81. The third kappa shape index (κ3) is 3.22. The van der Waals surface area contributed by atoms with Crippen molar-refractivity contribution >= 4 is 17.5 Å². The van der Waals surface area contributed by atoms with E-state index >= 15 is 0 Å². The van der Waals surface area contributed by atoms with E-state index in [1.54, 1.807) is 0 Å². The fourth-order valence-corrected chi connectivity index (χ4v) is 4.12. The molecule has 114 valence electrons. The molecule has 1 aliphatic heterocycles. The van der Waals surface area contributed by atoms with Crippen molar-refractivity contribution in [2.45, 2.75) is 38.8 Å². The number of aromatic nitrogens is 3. The van der Waals surface area contributed by atoms with E-state index in [1.807, 2.05) is 24.9 Å². The van der Waals surface area contributed by atoms with Gasteiger partial charge in [-0.25, -0.2) is 9.97 Å². The molecule has 6 heteroatoms. The summed E-state index contributed by atoms with van der Waals surface area (Å²) < 4.78 is 2.07. The summed E-state index contributed by atoms with van der Waals surface area (Å²) in [6, 6.07) is 2.06. The molecule has 1 aliphatic rings. The van der Waals surface area contributed by atoms with Gasteiger partial charge in [0.05, 0.1) is 17.5 Å². The molecule has 0 unspecified atom stereocenters. The van der Waals surface area contributed by atoms with Crippen molar-refractivity contribution in [2.75, 3.05) is 18.1 Å². The summed E-state index contributed by atoms with van der Waals surface area (Å²) in [7, 11) is 0. The SMILES string of the molecule is Cc1cc(C)n2c(CNCC3(O)CCSCC3)cnc2n1. The van der Waals surface area contributed by atoms with Crippen molar-refractivity contribution in [3.8, 4) is 0 Å². The second-order valence-electron chi connectivity index (χ2n) is 5.86. The first-order chi connectivity index (χ1) is 10.1. The summed E-state index contributed by atoms with van der Waals surface area (Å²) in [5.41, 5.74) is 2.66. The van der Waals surface area contributed by atoms with Crippen LogP contribution in [0.5, 0.6) is 0 Å². The lowest BCUT2D eigenvalue weighted by Gasteiger charge is -2.31. The van der Waals surface area contributed by atoms with Crippen molar-refractivity contribution in [3.63, 3.8) is 0 Å². The van der Waals surface area contributed by atoms with Crippen LogP contribution in [0.25, 0.3) is 5.78 Å². The summed E-state index contributed by atoms with van der Waals surface area (Å²) in [6.45, 7) is 5.39. The van der Waals surface area contributed by atoms with Crippen LogP contribution in [0.3, 0.4) is 0 Å². The first kappa shape index (κ1) is 14.8. The van der Waals surface area contributed by atoms with Crippen molar-refractivity contribution in [1.29, 1.82) is 0 Å². The van der Waals surface area contributed by atoms with Crippen LogP contribution in [-0.4, -0.2) is 43.1 Å². The number of thioether (sulfide) groups is 1. The maximum Gasteiger partial charge on any atom is 0.234 e. The van der Waals surface area contributed by atoms with Gasteiger partial charge in [0.15, 0.2) is 0 Å². The Balaban J connectivity index is 1.68. The second-order valence-corrected chi connectivity index (χ2v) is 7.09. The highest BCUT2D eigenvalue weighted by molar-refractivity contribution is 7.99. The number of aliphatic hydroxyl groups is 1. The highest BCUT2D eigenvalue weighted by Gasteiger charge is 2.28. The van der Waals surface area contributed by atoms with Gasteiger partial charge in [-0.1, -0.05) is 0 Å². The maximum atomic E-state index is 10.5.